The summed E-state index contributed by atoms with van der Waals surface area (Å²) in [7, 11) is 1.59. The molecule has 24 heavy (non-hydrogen) atoms. The monoisotopic (exact) mass is 367 g/mol. The van der Waals surface area contributed by atoms with E-state index in [0.29, 0.717) is 35.4 Å². The highest BCUT2D eigenvalue weighted by atomic mass is 35.5. The van der Waals surface area contributed by atoms with E-state index in [9.17, 15) is 4.79 Å². The van der Waals surface area contributed by atoms with Gasteiger partial charge in [0.2, 0.25) is 0 Å². The lowest BCUT2D eigenvalue weighted by Gasteiger charge is -2.09. The van der Waals surface area contributed by atoms with Crippen LogP contribution < -0.4 is 10.6 Å². The standard InChI is InChI=1S/C17H19Cl2N3O2/c1-24-9-8-21-17(23)16-5-4-14(11-22-16)20-7-6-12-2-3-13(18)10-15(12)19/h2-5,10-11,20H,6-9H2,1H3,(H,21,23). The zero-order valence-corrected chi connectivity index (χ0v) is 14.8. The zero-order valence-electron chi connectivity index (χ0n) is 13.3. The van der Waals surface area contributed by atoms with Crippen LogP contribution in [0.5, 0.6) is 0 Å². The first-order valence-corrected chi connectivity index (χ1v) is 8.26. The maximum absolute atomic E-state index is 11.8. The molecule has 0 bridgehead atoms. The number of nitrogens with one attached hydrogen (secondary N) is 2. The minimum absolute atomic E-state index is 0.216. The summed E-state index contributed by atoms with van der Waals surface area (Å²) in [4.78, 5) is 16.0. The molecule has 0 aliphatic carbocycles. The Labute approximate surface area is 151 Å². The molecule has 0 radical (unpaired) electrons. The summed E-state index contributed by atoms with van der Waals surface area (Å²) in [5, 5.41) is 7.25. The van der Waals surface area contributed by atoms with Crippen molar-refractivity contribution < 1.29 is 9.53 Å². The van der Waals surface area contributed by atoms with Gasteiger partial charge in [-0.1, -0.05) is 29.3 Å². The fourth-order valence-electron chi connectivity index (χ4n) is 2.06. The van der Waals surface area contributed by atoms with E-state index in [4.69, 9.17) is 27.9 Å². The van der Waals surface area contributed by atoms with Gasteiger partial charge in [-0.3, -0.25) is 4.79 Å². The molecule has 0 aliphatic rings. The van der Waals surface area contributed by atoms with Crippen LogP contribution in [0.3, 0.4) is 0 Å². The first-order chi connectivity index (χ1) is 11.6. The average molecular weight is 368 g/mol. The Kier molecular flexibility index (Phi) is 7.31. The van der Waals surface area contributed by atoms with E-state index in [1.807, 2.05) is 18.2 Å². The minimum atomic E-state index is -0.216. The number of rotatable bonds is 8. The lowest BCUT2D eigenvalue weighted by molar-refractivity contribution is 0.0932. The molecule has 1 aromatic carbocycles. The van der Waals surface area contributed by atoms with Gasteiger partial charge >= 0.3 is 0 Å². The maximum Gasteiger partial charge on any atom is 0.269 e. The number of pyridine rings is 1. The van der Waals surface area contributed by atoms with Crippen LogP contribution in [0.25, 0.3) is 0 Å². The third-order valence-electron chi connectivity index (χ3n) is 3.33. The quantitative estimate of drug-likeness (QED) is 0.701. The zero-order chi connectivity index (χ0) is 17.4. The van der Waals surface area contributed by atoms with Crippen molar-refractivity contribution >= 4 is 34.8 Å². The molecular weight excluding hydrogens is 349 g/mol. The number of ether oxygens (including phenoxy) is 1. The Balaban J connectivity index is 1.82. The summed E-state index contributed by atoms with van der Waals surface area (Å²) in [5.74, 6) is -0.216. The number of benzene rings is 1. The van der Waals surface area contributed by atoms with Crippen molar-refractivity contribution in [1.29, 1.82) is 0 Å². The number of nitrogens with zero attached hydrogens (tertiary/aromatic N) is 1. The van der Waals surface area contributed by atoms with Crippen molar-refractivity contribution in [3.8, 4) is 0 Å². The summed E-state index contributed by atoms with van der Waals surface area (Å²) in [6, 6.07) is 8.97. The Hall–Kier alpha value is -1.82. The van der Waals surface area contributed by atoms with Gasteiger partial charge in [0.25, 0.3) is 5.91 Å². The Morgan fingerprint density at radius 2 is 2.04 bits per heavy atom. The van der Waals surface area contributed by atoms with Crippen molar-refractivity contribution in [2.45, 2.75) is 6.42 Å². The molecule has 0 aliphatic heterocycles. The summed E-state index contributed by atoms with van der Waals surface area (Å²) >= 11 is 12.0. The van der Waals surface area contributed by atoms with E-state index in [1.165, 1.54) is 0 Å². The number of halogens is 2. The van der Waals surface area contributed by atoms with Gasteiger partial charge in [-0.2, -0.15) is 0 Å². The third-order valence-corrected chi connectivity index (χ3v) is 3.91. The lowest BCUT2D eigenvalue weighted by atomic mass is 10.1. The normalized spacial score (nSPS) is 10.5. The number of hydrogen-bond donors (Lipinski definition) is 2. The van der Waals surface area contributed by atoms with Gasteiger partial charge < -0.3 is 15.4 Å². The molecule has 0 fully saturated rings. The third kappa shape index (κ3) is 5.67. The summed E-state index contributed by atoms with van der Waals surface area (Å²) in [5.41, 5.74) is 2.24. The fourth-order valence-corrected chi connectivity index (χ4v) is 2.56. The number of carbonyl (C=O) groups is 1. The van der Waals surface area contributed by atoms with Crippen LogP contribution in [0.4, 0.5) is 5.69 Å². The van der Waals surface area contributed by atoms with E-state index in [0.717, 1.165) is 17.7 Å². The first kappa shape index (κ1) is 18.5. The Bertz CT molecular complexity index is 678. The van der Waals surface area contributed by atoms with Gasteiger partial charge in [0, 0.05) is 30.2 Å². The molecule has 2 rings (SSSR count). The van der Waals surface area contributed by atoms with Crippen LogP contribution in [0, 0.1) is 0 Å². The number of aromatic nitrogens is 1. The SMILES string of the molecule is COCCNC(=O)c1ccc(NCCc2ccc(Cl)cc2Cl)cn1. The lowest BCUT2D eigenvalue weighted by Crippen LogP contribution is -2.27. The molecule has 5 nitrogen and oxygen atoms in total. The highest BCUT2D eigenvalue weighted by Gasteiger charge is 2.06. The molecule has 7 heteroatoms. The van der Waals surface area contributed by atoms with E-state index in [2.05, 4.69) is 15.6 Å². The molecule has 128 valence electrons. The summed E-state index contributed by atoms with van der Waals surface area (Å²) < 4.78 is 4.88. The molecule has 2 aromatic rings. The maximum atomic E-state index is 11.8. The number of hydrogen-bond acceptors (Lipinski definition) is 4. The minimum Gasteiger partial charge on any atom is -0.383 e. The van der Waals surface area contributed by atoms with Crippen molar-refractivity contribution in [3.63, 3.8) is 0 Å². The highest BCUT2D eigenvalue weighted by molar-refractivity contribution is 6.35. The van der Waals surface area contributed by atoms with E-state index < -0.39 is 0 Å². The van der Waals surface area contributed by atoms with E-state index in [-0.39, 0.29) is 5.91 Å². The molecule has 1 amide bonds. The molecule has 0 spiro atoms. The van der Waals surface area contributed by atoms with Gasteiger partial charge in [-0.15, -0.1) is 0 Å². The van der Waals surface area contributed by atoms with E-state index in [1.54, 1.807) is 25.4 Å². The number of anilines is 1. The molecule has 0 saturated heterocycles. The molecule has 1 heterocycles. The second kappa shape index (κ2) is 9.47. The van der Waals surface area contributed by atoms with Crippen LogP contribution in [0.2, 0.25) is 10.0 Å². The molecule has 0 atom stereocenters. The van der Waals surface area contributed by atoms with Crippen LogP contribution >= 0.6 is 23.2 Å². The van der Waals surface area contributed by atoms with Gasteiger partial charge in [-0.25, -0.2) is 4.98 Å². The van der Waals surface area contributed by atoms with Crippen molar-refractivity contribution in [2.24, 2.45) is 0 Å². The highest BCUT2D eigenvalue weighted by Crippen LogP contribution is 2.21. The van der Waals surface area contributed by atoms with Gasteiger partial charge in [-0.05, 0) is 36.2 Å². The van der Waals surface area contributed by atoms with Gasteiger partial charge in [0.1, 0.15) is 5.69 Å². The van der Waals surface area contributed by atoms with E-state index >= 15 is 0 Å². The van der Waals surface area contributed by atoms with Gasteiger partial charge in [0.15, 0.2) is 0 Å². The molecule has 2 N–H and O–H groups in total. The summed E-state index contributed by atoms with van der Waals surface area (Å²) in [6.45, 7) is 1.62. The Morgan fingerprint density at radius 3 is 2.71 bits per heavy atom. The average Bonchev–Trinajstić information content (AvgIpc) is 2.57. The number of carbonyl (C=O) groups excluding carboxylic acids is 1. The van der Waals surface area contributed by atoms with Crippen LogP contribution in [-0.4, -0.2) is 37.7 Å². The second-order valence-electron chi connectivity index (χ2n) is 5.09. The largest absolute Gasteiger partial charge is 0.383 e. The molecule has 0 unspecified atom stereocenters. The van der Waals surface area contributed by atoms with Crippen molar-refractivity contribution in [3.05, 3.63) is 57.8 Å². The topological polar surface area (TPSA) is 63.2 Å². The molecule has 1 aromatic heterocycles. The van der Waals surface area contributed by atoms with Crippen LogP contribution in [-0.2, 0) is 11.2 Å². The number of methoxy groups -OCH3 is 1. The Morgan fingerprint density at radius 1 is 1.21 bits per heavy atom. The van der Waals surface area contributed by atoms with Crippen LogP contribution in [0.1, 0.15) is 16.1 Å². The number of amides is 1. The predicted octanol–water partition coefficient (Wildman–Crippen LogP) is 3.42. The van der Waals surface area contributed by atoms with Crippen molar-refractivity contribution in [1.82, 2.24) is 10.3 Å². The van der Waals surface area contributed by atoms with Crippen LogP contribution in [0.15, 0.2) is 36.5 Å². The first-order valence-electron chi connectivity index (χ1n) is 7.51. The fraction of sp³-hybridized carbons (Fsp3) is 0.294. The van der Waals surface area contributed by atoms with Gasteiger partial charge in [0.05, 0.1) is 18.5 Å². The molecular formula is C17H19Cl2N3O2. The van der Waals surface area contributed by atoms with Crippen molar-refractivity contribution in [2.75, 3.05) is 32.1 Å². The smallest absolute Gasteiger partial charge is 0.269 e. The summed E-state index contributed by atoms with van der Waals surface area (Å²) in [6.07, 6.45) is 2.39. The second-order valence-corrected chi connectivity index (χ2v) is 5.94. The molecule has 0 saturated carbocycles. The predicted molar refractivity (Wildman–Crippen MR) is 97.1 cm³/mol.